The standard InChI is InChI=1S/C13H14N2O6.C9H7NO4/c1-3-20-13(17)8(2)14-10-6-9(15(18)19)4-5-11(10)21-7-12(14)16;11-8-4-6-3-7(10(12)13)1-2-9(6)14-5-8/h4-6,8H,3,7H2,1-2H3;1-3H,4-5H2/t8-;/m1./s1. The lowest BCUT2D eigenvalue weighted by Gasteiger charge is -2.32. The van der Waals surface area contributed by atoms with Crippen molar-refractivity contribution in [2.24, 2.45) is 0 Å². The number of esters is 1. The van der Waals surface area contributed by atoms with Gasteiger partial charge in [0.1, 0.15) is 24.1 Å². The summed E-state index contributed by atoms with van der Waals surface area (Å²) in [5.74, 6) is -0.210. The third-order valence-electron chi connectivity index (χ3n) is 5.08. The minimum Gasteiger partial charge on any atom is -0.486 e. The van der Waals surface area contributed by atoms with Gasteiger partial charge in [0.2, 0.25) is 0 Å². The second-order valence-electron chi connectivity index (χ2n) is 7.44. The fraction of sp³-hybridized carbons (Fsp3) is 0.318. The Morgan fingerprint density at radius 1 is 1.03 bits per heavy atom. The van der Waals surface area contributed by atoms with Gasteiger partial charge in [-0.1, -0.05) is 0 Å². The van der Waals surface area contributed by atoms with E-state index in [0.717, 1.165) is 0 Å². The van der Waals surface area contributed by atoms with E-state index in [1.807, 2.05) is 0 Å². The average Bonchev–Trinajstić information content (AvgIpc) is 2.83. The maximum atomic E-state index is 12.0. The molecule has 1 atom stereocenters. The monoisotopic (exact) mass is 487 g/mol. The van der Waals surface area contributed by atoms with E-state index in [1.165, 1.54) is 48.2 Å². The first kappa shape index (κ1) is 25.1. The van der Waals surface area contributed by atoms with Gasteiger partial charge in [0.15, 0.2) is 12.4 Å². The van der Waals surface area contributed by atoms with Crippen LogP contribution in [-0.2, 0) is 25.5 Å². The van der Waals surface area contributed by atoms with Gasteiger partial charge in [0.25, 0.3) is 17.3 Å². The van der Waals surface area contributed by atoms with Gasteiger partial charge in [-0.05, 0) is 26.0 Å². The van der Waals surface area contributed by atoms with Crippen molar-refractivity contribution in [3.8, 4) is 11.5 Å². The Kier molecular flexibility index (Phi) is 7.59. The molecule has 2 aromatic carbocycles. The molecule has 0 radical (unpaired) electrons. The number of ether oxygens (including phenoxy) is 3. The van der Waals surface area contributed by atoms with Gasteiger partial charge < -0.3 is 14.2 Å². The van der Waals surface area contributed by atoms with Crippen molar-refractivity contribution < 1.29 is 38.4 Å². The number of hydrogen-bond donors (Lipinski definition) is 0. The number of fused-ring (bicyclic) bond motifs is 2. The van der Waals surface area contributed by atoms with E-state index in [4.69, 9.17) is 14.2 Å². The number of amides is 1. The zero-order chi connectivity index (χ0) is 25.7. The lowest BCUT2D eigenvalue weighted by molar-refractivity contribution is -0.385. The van der Waals surface area contributed by atoms with E-state index in [1.54, 1.807) is 6.92 Å². The molecular weight excluding hydrogens is 466 g/mol. The van der Waals surface area contributed by atoms with E-state index in [9.17, 15) is 34.6 Å². The van der Waals surface area contributed by atoms with E-state index >= 15 is 0 Å². The fourth-order valence-electron chi connectivity index (χ4n) is 3.45. The van der Waals surface area contributed by atoms with Gasteiger partial charge in [-0.15, -0.1) is 0 Å². The van der Waals surface area contributed by atoms with Crippen molar-refractivity contribution >= 4 is 34.7 Å². The molecule has 2 aromatic rings. The Morgan fingerprint density at radius 3 is 2.26 bits per heavy atom. The molecule has 2 aliphatic rings. The highest BCUT2D eigenvalue weighted by Gasteiger charge is 2.35. The smallest absolute Gasteiger partial charge is 0.328 e. The van der Waals surface area contributed by atoms with Crippen LogP contribution in [0.4, 0.5) is 17.1 Å². The van der Waals surface area contributed by atoms with Crippen LogP contribution in [0.25, 0.3) is 0 Å². The molecule has 0 bridgehead atoms. The number of carbonyl (C=O) groups excluding carboxylic acids is 3. The number of nitro groups is 2. The number of Topliss-reactive ketones (excluding diaryl/α,β-unsaturated/α-hetero) is 1. The highest BCUT2D eigenvalue weighted by molar-refractivity contribution is 6.03. The third kappa shape index (κ3) is 5.69. The van der Waals surface area contributed by atoms with E-state index < -0.39 is 27.8 Å². The summed E-state index contributed by atoms with van der Waals surface area (Å²) in [7, 11) is 0. The normalized spacial score (nSPS) is 14.7. The molecule has 13 nitrogen and oxygen atoms in total. The van der Waals surface area contributed by atoms with Gasteiger partial charge in [-0.2, -0.15) is 0 Å². The van der Waals surface area contributed by atoms with E-state index in [2.05, 4.69) is 0 Å². The Labute approximate surface area is 198 Å². The number of carbonyl (C=O) groups is 3. The molecule has 0 saturated carbocycles. The summed E-state index contributed by atoms with van der Waals surface area (Å²) in [4.78, 5) is 56.3. The molecule has 0 aliphatic carbocycles. The first-order chi connectivity index (χ1) is 16.6. The van der Waals surface area contributed by atoms with Crippen molar-refractivity contribution in [3.63, 3.8) is 0 Å². The summed E-state index contributed by atoms with van der Waals surface area (Å²) in [6.07, 6.45) is 0.219. The highest BCUT2D eigenvalue weighted by Crippen LogP contribution is 2.36. The molecule has 0 saturated heterocycles. The highest BCUT2D eigenvalue weighted by atomic mass is 16.6. The van der Waals surface area contributed by atoms with Gasteiger partial charge in [-0.3, -0.25) is 34.7 Å². The molecule has 2 heterocycles. The number of benzene rings is 2. The number of hydrogen-bond acceptors (Lipinski definition) is 10. The number of nitrogens with zero attached hydrogens (tertiary/aromatic N) is 3. The van der Waals surface area contributed by atoms with Crippen molar-refractivity contribution in [1.29, 1.82) is 0 Å². The molecule has 1 amide bonds. The number of rotatable bonds is 5. The summed E-state index contributed by atoms with van der Waals surface area (Å²) in [6.45, 7) is 3.18. The molecule has 0 fully saturated rings. The summed E-state index contributed by atoms with van der Waals surface area (Å²) in [6, 6.07) is 7.29. The lowest BCUT2D eigenvalue weighted by Crippen LogP contribution is -2.48. The average molecular weight is 487 g/mol. The maximum absolute atomic E-state index is 12.0. The SMILES string of the molecule is CCOC(=O)[C@@H](C)N1C(=O)COc2ccc([N+](=O)[O-])cc21.O=C1COc2ccc([N+](=O)[O-])cc2C1. The Balaban J connectivity index is 0.000000211. The van der Waals surface area contributed by atoms with E-state index in [0.29, 0.717) is 17.1 Å². The van der Waals surface area contributed by atoms with Crippen LogP contribution < -0.4 is 14.4 Å². The van der Waals surface area contributed by atoms with Crippen molar-refractivity contribution in [3.05, 3.63) is 62.2 Å². The number of nitro benzene ring substituents is 2. The summed E-state index contributed by atoms with van der Waals surface area (Å²) in [5, 5.41) is 21.3. The van der Waals surface area contributed by atoms with Gasteiger partial charge >= 0.3 is 5.97 Å². The summed E-state index contributed by atoms with van der Waals surface area (Å²) < 4.78 is 15.2. The Hall–Kier alpha value is -4.55. The predicted octanol–water partition coefficient (Wildman–Crippen LogP) is 2.37. The van der Waals surface area contributed by atoms with Crippen LogP contribution in [0.2, 0.25) is 0 Å². The Morgan fingerprint density at radius 2 is 1.63 bits per heavy atom. The van der Waals surface area contributed by atoms with Crippen LogP contribution >= 0.6 is 0 Å². The lowest BCUT2D eigenvalue weighted by atomic mass is 10.1. The minimum absolute atomic E-state index is 0.0120. The second kappa shape index (κ2) is 10.6. The van der Waals surface area contributed by atoms with Crippen molar-refractivity contribution in [2.45, 2.75) is 26.3 Å². The molecule has 0 unspecified atom stereocenters. The molecule has 13 heteroatoms. The zero-order valence-corrected chi connectivity index (χ0v) is 18.8. The topological polar surface area (TPSA) is 168 Å². The number of ketones is 1. The van der Waals surface area contributed by atoms with Crippen LogP contribution in [0.5, 0.6) is 11.5 Å². The van der Waals surface area contributed by atoms with Crippen LogP contribution in [0.15, 0.2) is 36.4 Å². The first-order valence-corrected chi connectivity index (χ1v) is 10.4. The summed E-state index contributed by atoms with van der Waals surface area (Å²) in [5.41, 5.74) is 0.589. The fourth-order valence-corrected chi connectivity index (χ4v) is 3.45. The van der Waals surface area contributed by atoms with Crippen molar-refractivity contribution in [2.75, 3.05) is 24.7 Å². The largest absolute Gasteiger partial charge is 0.486 e. The van der Waals surface area contributed by atoms with E-state index in [-0.39, 0.29) is 49.1 Å². The molecule has 35 heavy (non-hydrogen) atoms. The number of anilines is 1. The van der Waals surface area contributed by atoms with Gasteiger partial charge in [0.05, 0.1) is 22.1 Å². The quantitative estimate of drug-likeness (QED) is 0.347. The molecule has 184 valence electrons. The zero-order valence-electron chi connectivity index (χ0n) is 18.8. The predicted molar refractivity (Wildman–Crippen MR) is 119 cm³/mol. The van der Waals surface area contributed by atoms with Crippen LogP contribution in [0.1, 0.15) is 19.4 Å². The van der Waals surface area contributed by atoms with Gasteiger partial charge in [0, 0.05) is 36.2 Å². The first-order valence-electron chi connectivity index (χ1n) is 10.4. The third-order valence-corrected chi connectivity index (χ3v) is 5.08. The second-order valence-corrected chi connectivity index (χ2v) is 7.44. The molecule has 0 N–H and O–H groups in total. The van der Waals surface area contributed by atoms with Crippen molar-refractivity contribution in [1.82, 2.24) is 0 Å². The summed E-state index contributed by atoms with van der Waals surface area (Å²) >= 11 is 0. The Bertz CT molecular complexity index is 1200. The van der Waals surface area contributed by atoms with Gasteiger partial charge in [-0.25, -0.2) is 4.79 Å². The maximum Gasteiger partial charge on any atom is 0.328 e. The van der Waals surface area contributed by atoms with Crippen LogP contribution in [0, 0.1) is 20.2 Å². The number of non-ortho nitro benzene ring substituents is 2. The molecule has 4 rings (SSSR count). The van der Waals surface area contributed by atoms with Crippen LogP contribution in [-0.4, -0.2) is 53.4 Å². The molecule has 0 aromatic heterocycles. The molecule has 0 spiro atoms. The minimum atomic E-state index is -0.887. The molecular formula is C22H21N3O10. The van der Waals surface area contributed by atoms with Crippen LogP contribution in [0.3, 0.4) is 0 Å². The molecule has 2 aliphatic heterocycles.